The summed E-state index contributed by atoms with van der Waals surface area (Å²) in [5, 5.41) is 8.95. The van der Waals surface area contributed by atoms with Crippen LogP contribution in [0.4, 0.5) is 0 Å². The molecule has 0 aliphatic rings. The summed E-state index contributed by atoms with van der Waals surface area (Å²) in [5.74, 6) is -0.362. The number of rotatable bonds is 7. The van der Waals surface area contributed by atoms with E-state index in [9.17, 15) is 4.79 Å². The van der Waals surface area contributed by atoms with Gasteiger partial charge in [0.15, 0.2) is 14.9 Å². The van der Waals surface area contributed by atoms with E-state index in [1.54, 1.807) is 0 Å². The molecular weight excluding hydrogens is 296 g/mol. The van der Waals surface area contributed by atoms with Crippen LogP contribution in [0, 0.1) is 0 Å². The molecule has 4 nitrogen and oxygen atoms in total. The van der Waals surface area contributed by atoms with E-state index in [1.165, 1.54) is 0 Å². The molecule has 0 unspecified atom stereocenters. The van der Waals surface area contributed by atoms with Gasteiger partial charge >= 0.3 is 5.97 Å². The van der Waals surface area contributed by atoms with Crippen LogP contribution in [0.5, 0.6) is 5.75 Å². The molecule has 0 saturated carbocycles. The second-order valence-corrected chi connectivity index (χ2v) is 11.8. The highest BCUT2D eigenvalue weighted by Gasteiger charge is 2.37. The first-order chi connectivity index (χ1) is 10.1. The van der Waals surface area contributed by atoms with E-state index in [2.05, 4.69) is 40.8 Å². The van der Waals surface area contributed by atoms with Gasteiger partial charge < -0.3 is 14.3 Å². The molecule has 0 bridgehead atoms. The molecular formula is C17H28O4Si. The number of ether oxygens (including phenoxy) is 1. The van der Waals surface area contributed by atoms with E-state index in [0.717, 1.165) is 17.5 Å². The molecule has 0 saturated heterocycles. The summed E-state index contributed by atoms with van der Waals surface area (Å²) in [4.78, 5) is 10.7. The molecule has 0 radical (unpaired) electrons. The van der Waals surface area contributed by atoms with Crippen molar-refractivity contribution in [3.8, 4) is 5.75 Å². The molecule has 0 aliphatic heterocycles. The van der Waals surface area contributed by atoms with Crippen molar-refractivity contribution in [3.05, 3.63) is 29.3 Å². The van der Waals surface area contributed by atoms with Crippen molar-refractivity contribution in [2.24, 2.45) is 0 Å². The lowest BCUT2D eigenvalue weighted by Gasteiger charge is -2.36. The number of carboxylic acids is 1. The Bertz CT molecular complexity index is 518. The third-order valence-electron chi connectivity index (χ3n) is 4.29. The Morgan fingerprint density at radius 1 is 1.27 bits per heavy atom. The maximum Gasteiger partial charge on any atom is 0.341 e. The molecule has 1 rings (SSSR count). The molecule has 1 N–H and O–H groups in total. The fraction of sp³-hybridized carbons (Fsp3) is 0.588. The van der Waals surface area contributed by atoms with Crippen LogP contribution in [0.2, 0.25) is 18.1 Å². The average molecular weight is 324 g/mol. The standard InChI is InChI=1S/C17H28O4Si/c1-7-13-8-9-14(15(10-13)20-12-16(18)19)11-21-22(5,6)17(2,3)4/h8-10H,7,11-12H2,1-6H3,(H,18,19). The van der Waals surface area contributed by atoms with Gasteiger partial charge in [0.2, 0.25) is 0 Å². The number of aliphatic carboxylic acids is 1. The molecule has 1 aromatic carbocycles. The quantitative estimate of drug-likeness (QED) is 0.762. The van der Waals surface area contributed by atoms with Gasteiger partial charge in [-0.2, -0.15) is 0 Å². The Morgan fingerprint density at radius 3 is 2.41 bits per heavy atom. The highest BCUT2D eigenvalue weighted by Crippen LogP contribution is 2.37. The summed E-state index contributed by atoms with van der Waals surface area (Å²) in [5.41, 5.74) is 2.03. The van der Waals surface area contributed by atoms with Crippen molar-refractivity contribution >= 4 is 14.3 Å². The van der Waals surface area contributed by atoms with Crippen LogP contribution in [-0.4, -0.2) is 26.0 Å². The summed E-state index contributed by atoms with van der Waals surface area (Å²) in [6, 6.07) is 5.92. The van der Waals surface area contributed by atoms with Crippen molar-refractivity contribution in [3.63, 3.8) is 0 Å². The summed E-state index contributed by atoms with van der Waals surface area (Å²) in [7, 11) is -1.85. The Morgan fingerprint density at radius 2 is 1.91 bits per heavy atom. The van der Waals surface area contributed by atoms with Crippen LogP contribution in [0.15, 0.2) is 18.2 Å². The van der Waals surface area contributed by atoms with Gasteiger partial charge in [-0.3, -0.25) is 0 Å². The molecule has 0 spiro atoms. The fourth-order valence-corrected chi connectivity index (χ4v) is 2.64. The average Bonchev–Trinajstić information content (AvgIpc) is 2.41. The largest absolute Gasteiger partial charge is 0.482 e. The smallest absolute Gasteiger partial charge is 0.341 e. The van der Waals surface area contributed by atoms with E-state index >= 15 is 0 Å². The van der Waals surface area contributed by atoms with Crippen molar-refractivity contribution in [2.45, 2.75) is 58.9 Å². The van der Waals surface area contributed by atoms with E-state index < -0.39 is 14.3 Å². The second kappa shape index (κ2) is 7.29. The topological polar surface area (TPSA) is 55.8 Å². The lowest BCUT2D eigenvalue weighted by Crippen LogP contribution is -2.40. The Kier molecular flexibility index (Phi) is 6.20. The number of benzene rings is 1. The first kappa shape index (κ1) is 18.7. The molecule has 1 aromatic rings. The van der Waals surface area contributed by atoms with E-state index in [1.807, 2.05) is 18.2 Å². The minimum atomic E-state index is -1.85. The van der Waals surface area contributed by atoms with Gasteiger partial charge in [-0.15, -0.1) is 0 Å². The number of aryl methyl sites for hydroxylation is 1. The Hall–Kier alpha value is -1.33. The molecule has 0 fully saturated rings. The normalized spacial score (nSPS) is 12.3. The van der Waals surface area contributed by atoms with Crippen molar-refractivity contribution in [1.29, 1.82) is 0 Å². The first-order valence-corrected chi connectivity index (χ1v) is 10.6. The van der Waals surface area contributed by atoms with E-state index in [0.29, 0.717) is 12.4 Å². The number of hydrogen-bond donors (Lipinski definition) is 1. The van der Waals surface area contributed by atoms with Gasteiger partial charge in [0.1, 0.15) is 5.75 Å². The SMILES string of the molecule is CCc1ccc(CO[Si](C)(C)C(C)(C)C)c(OCC(=O)O)c1. The van der Waals surface area contributed by atoms with Gasteiger partial charge in [-0.1, -0.05) is 39.8 Å². The molecule has 0 amide bonds. The van der Waals surface area contributed by atoms with E-state index in [4.69, 9.17) is 14.3 Å². The van der Waals surface area contributed by atoms with Crippen LogP contribution in [-0.2, 0) is 22.2 Å². The van der Waals surface area contributed by atoms with E-state index in [-0.39, 0.29) is 11.6 Å². The molecule has 22 heavy (non-hydrogen) atoms. The van der Waals surface area contributed by atoms with Crippen molar-refractivity contribution < 1.29 is 19.1 Å². The van der Waals surface area contributed by atoms with Crippen LogP contribution in [0.25, 0.3) is 0 Å². The minimum absolute atomic E-state index is 0.137. The number of carboxylic acid groups (broad SMARTS) is 1. The molecule has 124 valence electrons. The zero-order valence-corrected chi connectivity index (χ0v) is 15.5. The summed E-state index contributed by atoms with van der Waals surface area (Å²) in [6.07, 6.45) is 0.882. The fourth-order valence-electron chi connectivity index (χ4n) is 1.69. The molecule has 0 aromatic heterocycles. The predicted octanol–water partition coefficient (Wildman–Crippen LogP) is 4.23. The summed E-state index contributed by atoms with van der Waals surface area (Å²) in [6.45, 7) is 13.2. The lowest BCUT2D eigenvalue weighted by atomic mass is 10.1. The highest BCUT2D eigenvalue weighted by atomic mass is 28.4. The van der Waals surface area contributed by atoms with Gasteiger partial charge in [-0.05, 0) is 36.2 Å². The molecule has 0 heterocycles. The molecule has 0 aliphatic carbocycles. The third kappa shape index (κ3) is 5.14. The van der Waals surface area contributed by atoms with Crippen molar-refractivity contribution in [1.82, 2.24) is 0 Å². The van der Waals surface area contributed by atoms with Crippen LogP contribution >= 0.6 is 0 Å². The summed E-state index contributed by atoms with van der Waals surface area (Å²) >= 11 is 0. The van der Waals surface area contributed by atoms with Crippen LogP contribution < -0.4 is 4.74 Å². The van der Waals surface area contributed by atoms with Crippen LogP contribution in [0.3, 0.4) is 0 Å². The monoisotopic (exact) mass is 324 g/mol. The number of hydrogen-bond acceptors (Lipinski definition) is 3. The Balaban J connectivity index is 2.91. The Labute approximate surface area is 134 Å². The van der Waals surface area contributed by atoms with Gasteiger partial charge in [0.05, 0.1) is 6.61 Å². The number of carbonyl (C=O) groups is 1. The highest BCUT2D eigenvalue weighted by molar-refractivity contribution is 6.74. The summed E-state index contributed by atoms with van der Waals surface area (Å²) < 4.78 is 11.6. The maximum absolute atomic E-state index is 10.7. The lowest BCUT2D eigenvalue weighted by molar-refractivity contribution is -0.139. The maximum atomic E-state index is 10.7. The van der Waals surface area contributed by atoms with Crippen molar-refractivity contribution in [2.75, 3.05) is 6.61 Å². The minimum Gasteiger partial charge on any atom is -0.482 e. The predicted molar refractivity (Wildman–Crippen MR) is 90.9 cm³/mol. The zero-order chi connectivity index (χ0) is 17.0. The van der Waals surface area contributed by atoms with Gasteiger partial charge in [0, 0.05) is 5.56 Å². The van der Waals surface area contributed by atoms with Gasteiger partial charge in [0.25, 0.3) is 0 Å². The zero-order valence-electron chi connectivity index (χ0n) is 14.5. The van der Waals surface area contributed by atoms with Crippen LogP contribution in [0.1, 0.15) is 38.8 Å². The first-order valence-electron chi connectivity index (χ1n) is 7.67. The molecule has 0 atom stereocenters. The van der Waals surface area contributed by atoms with Gasteiger partial charge in [-0.25, -0.2) is 4.79 Å². The second-order valence-electron chi connectivity index (χ2n) is 7.03. The molecule has 5 heteroatoms. The third-order valence-corrected chi connectivity index (χ3v) is 8.76.